The summed E-state index contributed by atoms with van der Waals surface area (Å²) >= 11 is 0. The highest BCUT2D eigenvalue weighted by atomic mass is 16.4. The molecule has 0 heterocycles. The van der Waals surface area contributed by atoms with E-state index >= 15 is 0 Å². The van der Waals surface area contributed by atoms with Gasteiger partial charge in [-0.1, -0.05) is 24.3 Å². The van der Waals surface area contributed by atoms with Gasteiger partial charge in [0.15, 0.2) is 0 Å². The summed E-state index contributed by atoms with van der Waals surface area (Å²) in [4.78, 5) is 10.6. The van der Waals surface area contributed by atoms with Gasteiger partial charge in [0.2, 0.25) is 0 Å². The van der Waals surface area contributed by atoms with Crippen LogP contribution in [0.25, 0.3) is 0 Å². The van der Waals surface area contributed by atoms with Gasteiger partial charge in [0.1, 0.15) is 0 Å². The summed E-state index contributed by atoms with van der Waals surface area (Å²) in [5.41, 5.74) is 2.80. The molecule has 1 unspecified atom stereocenters. The zero-order chi connectivity index (χ0) is 10.7. The van der Waals surface area contributed by atoms with Crippen molar-refractivity contribution in [2.75, 3.05) is 0 Å². The van der Waals surface area contributed by atoms with Gasteiger partial charge < -0.3 is 5.11 Å². The van der Waals surface area contributed by atoms with Gasteiger partial charge in [0.25, 0.3) is 0 Å². The lowest BCUT2D eigenvalue weighted by molar-refractivity contribution is -0.137. The van der Waals surface area contributed by atoms with Crippen LogP contribution < -0.4 is 0 Å². The molecule has 1 atom stereocenters. The first-order valence-corrected chi connectivity index (χ1v) is 5.57. The second-order valence-corrected chi connectivity index (χ2v) is 4.22. The second-order valence-electron chi connectivity index (χ2n) is 4.22. The Morgan fingerprint density at radius 2 is 2.20 bits per heavy atom. The number of aliphatic carboxylic acids is 1. The summed E-state index contributed by atoms with van der Waals surface area (Å²) in [7, 11) is 0. The Kier molecular flexibility index (Phi) is 3.05. The maximum Gasteiger partial charge on any atom is 0.303 e. The molecular formula is C13H16O2. The van der Waals surface area contributed by atoms with Crippen molar-refractivity contribution >= 4 is 5.97 Å². The average Bonchev–Trinajstić information content (AvgIpc) is 2.26. The maximum atomic E-state index is 10.6. The van der Waals surface area contributed by atoms with Crippen LogP contribution >= 0.6 is 0 Å². The van der Waals surface area contributed by atoms with Crippen LogP contribution in [0.3, 0.4) is 0 Å². The summed E-state index contributed by atoms with van der Waals surface area (Å²) in [5, 5.41) is 8.69. The van der Waals surface area contributed by atoms with Gasteiger partial charge in [-0.15, -0.1) is 0 Å². The zero-order valence-corrected chi connectivity index (χ0v) is 8.78. The maximum absolute atomic E-state index is 10.6. The fourth-order valence-electron chi connectivity index (χ4n) is 2.45. The van der Waals surface area contributed by atoms with E-state index in [-0.39, 0.29) is 0 Å². The fraction of sp³-hybridized carbons (Fsp3) is 0.462. The van der Waals surface area contributed by atoms with Gasteiger partial charge in [0.05, 0.1) is 0 Å². The standard InChI is InChI=1S/C13H16O2/c14-13(15)9-8-11-6-3-5-10-4-1-2-7-12(10)11/h1-2,4,7,11H,3,5-6,8-9H2,(H,14,15). The Morgan fingerprint density at radius 1 is 1.40 bits per heavy atom. The van der Waals surface area contributed by atoms with Gasteiger partial charge >= 0.3 is 5.97 Å². The van der Waals surface area contributed by atoms with E-state index in [0.29, 0.717) is 12.3 Å². The molecule has 0 saturated heterocycles. The van der Waals surface area contributed by atoms with Crippen LogP contribution in [0.4, 0.5) is 0 Å². The molecule has 1 aromatic rings. The largest absolute Gasteiger partial charge is 0.481 e. The summed E-state index contributed by atoms with van der Waals surface area (Å²) in [6.07, 6.45) is 4.57. The van der Waals surface area contributed by atoms with Gasteiger partial charge in [-0.05, 0) is 42.7 Å². The van der Waals surface area contributed by atoms with Crippen LogP contribution in [0.5, 0.6) is 0 Å². The van der Waals surface area contributed by atoms with Crippen molar-refractivity contribution in [3.05, 3.63) is 35.4 Å². The van der Waals surface area contributed by atoms with E-state index in [9.17, 15) is 4.79 Å². The fourth-order valence-corrected chi connectivity index (χ4v) is 2.45. The lowest BCUT2D eigenvalue weighted by Gasteiger charge is -2.24. The molecule has 1 aliphatic rings. The first kappa shape index (κ1) is 10.2. The molecule has 1 N–H and O–H groups in total. The normalized spacial score (nSPS) is 19.6. The number of carboxylic acids is 1. The Labute approximate surface area is 89.9 Å². The highest BCUT2D eigenvalue weighted by Crippen LogP contribution is 2.34. The average molecular weight is 204 g/mol. The second kappa shape index (κ2) is 4.47. The number of fused-ring (bicyclic) bond motifs is 1. The number of carboxylic acid groups (broad SMARTS) is 1. The summed E-state index contributed by atoms with van der Waals surface area (Å²) in [5.74, 6) is -0.218. The SMILES string of the molecule is O=C(O)CCC1CCCc2ccccc21. The smallest absolute Gasteiger partial charge is 0.303 e. The zero-order valence-electron chi connectivity index (χ0n) is 8.78. The highest BCUT2D eigenvalue weighted by molar-refractivity contribution is 5.66. The van der Waals surface area contributed by atoms with Crippen molar-refractivity contribution in [1.82, 2.24) is 0 Å². The number of aryl methyl sites for hydroxylation is 1. The van der Waals surface area contributed by atoms with E-state index in [2.05, 4.69) is 24.3 Å². The van der Waals surface area contributed by atoms with Crippen molar-refractivity contribution in [3.63, 3.8) is 0 Å². The molecule has 0 fully saturated rings. The number of carbonyl (C=O) groups is 1. The quantitative estimate of drug-likeness (QED) is 0.821. The van der Waals surface area contributed by atoms with Gasteiger partial charge in [-0.2, -0.15) is 0 Å². The lowest BCUT2D eigenvalue weighted by Crippen LogP contribution is -2.11. The van der Waals surface area contributed by atoms with Gasteiger partial charge in [-0.25, -0.2) is 0 Å². The third-order valence-corrected chi connectivity index (χ3v) is 3.20. The van der Waals surface area contributed by atoms with Crippen molar-refractivity contribution < 1.29 is 9.90 Å². The lowest BCUT2D eigenvalue weighted by atomic mass is 9.80. The number of benzene rings is 1. The molecule has 0 spiro atoms. The monoisotopic (exact) mass is 204 g/mol. The Morgan fingerprint density at radius 3 is 3.00 bits per heavy atom. The Bertz CT molecular complexity index is 357. The van der Waals surface area contributed by atoms with E-state index in [1.807, 2.05) is 0 Å². The molecule has 0 amide bonds. The number of hydrogen-bond donors (Lipinski definition) is 1. The molecule has 0 aliphatic heterocycles. The van der Waals surface area contributed by atoms with E-state index < -0.39 is 5.97 Å². The molecule has 2 rings (SSSR count). The number of rotatable bonds is 3. The first-order chi connectivity index (χ1) is 7.27. The third kappa shape index (κ3) is 2.38. The topological polar surface area (TPSA) is 37.3 Å². The molecule has 2 nitrogen and oxygen atoms in total. The van der Waals surface area contributed by atoms with Crippen molar-refractivity contribution in [2.45, 2.75) is 38.0 Å². The van der Waals surface area contributed by atoms with Crippen LogP contribution in [0.1, 0.15) is 42.7 Å². The van der Waals surface area contributed by atoms with Gasteiger partial charge in [0, 0.05) is 6.42 Å². The molecular weight excluding hydrogens is 188 g/mol. The molecule has 0 aromatic heterocycles. The van der Waals surface area contributed by atoms with Crippen LogP contribution in [0, 0.1) is 0 Å². The molecule has 0 radical (unpaired) electrons. The minimum Gasteiger partial charge on any atom is -0.481 e. The third-order valence-electron chi connectivity index (χ3n) is 3.20. The molecule has 1 aliphatic carbocycles. The summed E-state index contributed by atoms with van der Waals surface area (Å²) < 4.78 is 0. The van der Waals surface area contributed by atoms with Crippen LogP contribution in [-0.2, 0) is 11.2 Å². The Balaban J connectivity index is 2.11. The van der Waals surface area contributed by atoms with Crippen LogP contribution in [0.2, 0.25) is 0 Å². The van der Waals surface area contributed by atoms with E-state index in [0.717, 1.165) is 19.3 Å². The minimum atomic E-state index is -0.682. The van der Waals surface area contributed by atoms with E-state index in [1.54, 1.807) is 0 Å². The first-order valence-electron chi connectivity index (χ1n) is 5.57. The number of hydrogen-bond acceptors (Lipinski definition) is 1. The van der Waals surface area contributed by atoms with Gasteiger partial charge in [-0.3, -0.25) is 4.79 Å². The Hall–Kier alpha value is -1.31. The molecule has 0 saturated carbocycles. The predicted molar refractivity (Wildman–Crippen MR) is 59.0 cm³/mol. The highest BCUT2D eigenvalue weighted by Gasteiger charge is 2.19. The predicted octanol–water partition coefficient (Wildman–Crippen LogP) is 2.97. The van der Waals surface area contributed by atoms with Crippen LogP contribution in [-0.4, -0.2) is 11.1 Å². The van der Waals surface area contributed by atoms with E-state index in [4.69, 9.17) is 5.11 Å². The summed E-state index contributed by atoms with van der Waals surface area (Å²) in [6.45, 7) is 0. The van der Waals surface area contributed by atoms with Crippen molar-refractivity contribution in [2.24, 2.45) is 0 Å². The minimum absolute atomic E-state index is 0.291. The van der Waals surface area contributed by atoms with Crippen molar-refractivity contribution in [3.8, 4) is 0 Å². The van der Waals surface area contributed by atoms with Crippen LogP contribution in [0.15, 0.2) is 24.3 Å². The van der Waals surface area contributed by atoms with Crippen molar-refractivity contribution in [1.29, 1.82) is 0 Å². The molecule has 0 bridgehead atoms. The molecule has 15 heavy (non-hydrogen) atoms. The summed E-state index contributed by atoms with van der Waals surface area (Å²) in [6, 6.07) is 8.44. The molecule has 1 aromatic carbocycles. The molecule has 2 heteroatoms. The van der Waals surface area contributed by atoms with E-state index in [1.165, 1.54) is 17.5 Å². The molecule has 80 valence electrons.